The standard InChI is InChI=1S/C17H13BrCl3F2N5O/c1-8-14(18)15(16(22)23)25-28(8)7-13(29)24-17-12(21)6-27(26-17)5-9-2-3-10(19)11(20)4-9/h2-4,6,16H,5,7H2,1H3,(H,24,26,29). The first kappa shape index (κ1) is 22.0. The van der Waals surface area contributed by atoms with Gasteiger partial charge in [0.15, 0.2) is 5.82 Å². The Kier molecular flexibility index (Phi) is 6.83. The Hall–Kier alpha value is -1.68. The van der Waals surface area contributed by atoms with Crippen molar-refractivity contribution in [3.8, 4) is 0 Å². The average molecular weight is 528 g/mol. The number of anilines is 1. The van der Waals surface area contributed by atoms with Gasteiger partial charge >= 0.3 is 0 Å². The number of alkyl halides is 2. The van der Waals surface area contributed by atoms with E-state index < -0.39 is 18.0 Å². The van der Waals surface area contributed by atoms with Gasteiger partial charge in [-0.25, -0.2) is 8.78 Å². The van der Waals surface area contributed by atoms with Crippen LogP contribution in [0.15, 0.2) is 28.9 Å². The molecule has 2 heterocycles. The Balaban J connectivity index is 1.70. The van der Waals surface area contributed by atoms with Crippen molar-refractivity contribution in [1.82, 2.24) is 19.6 Å². The molecule has 3 rings (SSSR count). The fraction of sp³-hybridized carbons (Fsp3) is 0.235. The third kappa shape index (κ3) is 5.09. The van der Waals surface area contributed by atoms with Gasteiger partial charge in [0, 0.05) is 6.20 Å². The Labute approximate surface area is 187 Å². The summed E-state index contributed by atoms with van der Waals surface area (Å²) in [6.07, 6.45) is -1.21. The van der Waals surface area contributed by atoms with Crippen LogP contribution in [0.25, 0.3) is 0 Å². The molecule has 0 bridgehead atoms. The lowest BCUT2D eigenvalue weighted by Gasteiger charge is -2.06. The van der Waals surface area contributed by atoms with Crippen LogP contribution < -0.4 is 5.32 Å². The first-order valence-corrected chi connectivity index (χ1v) is 10.1. The van der Waals surface area contributed by atoms with Crippen LogP contribution in [0.5, 0.6) is 0 Å². The number of aromatic nitrogens is 4. The van der Waals surface area contributed by atoms with Crippen LogP contribution in [0.2, 0.25) is 15.1 Å². The van der Waals surface area contributed by atoms with E-state index in [4.69, 9.17) is 34.8 Å². The van der Waals surface area contributed by atoms with Crippen molar-refractivity contribution in [2.75, 3.05) is 5.32 Å². The predicted molar refractivity (Wildman–Crippen MR) is 111 cm³/mol. The summed E-state index contributed by atoms with van der Waals surface area (Å²) in [6.45, 7) is 1.66. The van der Waals surface area contributed by atoms with Gasteiger partial charge in [-0.2, -0.15) is 10.2 Å². The zero-order valence-corrected chi connectivity index (χ0v) is 18.6. The van der Waals surface area contributed by atoms with E-state index in [0.29, 0.717) is 22.3 Å². The maximum atomic E-state index is 12.9. The van der Waals surface area contributed by atoms with Crippen molar-refractivity contribution in [3.05, 3.63) is 60.9 Å². The average Bonchev–Trinajstić information content (AvgIpc) is 3.12. The molecular weight excluding hydrogens is 514 g/mol. The summed E-state index contributed by atoms with van der Waals surface area (Å²) in [7, 11) is 0. The van der Waals surface area contributed by atoms with Crippen LogP contribution >= 0.6 is 50.7 Å². The lowest BCUT2D eigenvalue weighted by Crippen LogP contribution is -2.21. The Bertz CT molecular complexity index is 1070. The monoisotopic (exact) mass is 525 g/mol. The number of nitrogens with zero attached hydrogens (tertiary/aromatic N) is 4. The molecule has 0 atom stereocenters. The van der Waals surface area contributed by atoms with Crippen molar-refractivity contribution in [3.63, 3.8) is 0 Å². The predicted octanol–water partition coefficient (Wildman–Crippen LogP) is 5.74. The second kappa shape index (κ2) is 8.99. The van der Waals surface area contributed by atoms with Gasteiger partial charge in [0.1, 0.15) is 17.3 Å². The molecule has 1 amide bonds. The van der Waals surface area contributed by atoms with E-state index in [9.17, 15) is 13.6 Å². The van der Waals surface area contributed by atoms with E-state index >= 15 is 0 Å². The SMILES string of the molecule is Cc1c(Br)c(C(F)F)nn1CC(=O)Nc1nn(Cc2ccc(Cl)c(Cl)c2)cc1Cl. The van der Waals surface area contributed by atoms with Crippen LogP contribution in [-0.2, 0) is 17.9 Å². The Morgan fingerprint density at radius 2 is 1.93 bits per heavy atom. The first-order chi connectivity index (χ1) is 13.7. The first-order valence-electron chi connectivity index (χ1n) is 8.13. The second-order valence-corrected chi connectivity index (χ2v) is 8.08. The highest BCUT2D eigenvalue weighted by Gasteiger charge is 2.21. The quantitative estimate of drug-likeness (QED) is 0.445. The number of amides is 1. The van der Waals surface area contributed by atoms with E-state index in [1.165, 1.54) is 9.36 Å². The zero-order chi connectivity index (χ0) is 21.3. The highest BCUT2D eigenvalue weighted by Crippen LogP contribution is 2.29. The number of benzene rings is 1. The van der Waals surface area contributed by atoms with Crippen LogP contribution in [0.4, 0.5) is 14.6 Å². The minimum absolute atomic E-state index is 0.148. The lowest BCUT2D eigenvalue weighted by molar-refractivity contribution is -0.117. The second-order valence-electron chi connectivity index (χ2n) is 6.06. The molecule has 2 aromatic heterocycles. The summed E-state index contributed by atoms with van der Waals surface area (Å²) in [6, 6.07) is 5.17. The molecule has 154 valence electrons. The number of hydrogen-bond acceptors (Lipinski definition) is 3. The molecule has 12 heteroatoms. The van der Waals surface area contributed by atoms with Crippen molar-refractivity contribution >= 4 is 62.5 Å². The smallest absolute Gasteiger partial charge is 0.283 e. The molecule has 0 radical (unpaired) electrons. The van der Waals surface area contributed by atoms with Crippen LogP contribution in [0.1, 0.15) is 23.4 Å². The summed E-state index contributed by atoms with van der Waals surface area (Å²) in [5, 5.41) is 11.6. The number of hydrogen-bond donors (Lipinski definition) is 1. The highest BCUT2D eigenvalue weighted by molar-refractivity contribution is 9.10. The number of carbonyl (C=O) groups excluding carboxylic acids is 1. The van der Waals surface area contributed by atoms with Gasteiger partial charge in [-0.15, -0.1) is 0 Å². The fourth-order valence-corrected chi connectivity index (χ4v) is 3.51. The van der Waals surface area contributed by atoms with Crippen molar-refractivity contribution in [2.45, 2.75) is 26.4 Å². The molecule has 0 unspecified atom stereocenters. The Morgan fingerprint density at radius 1 is 1.21 bits per heavy atom. The number of nitrogens with one attached hydrogen (secondary N) is 1. The van der Waals surface area contributed by atoms with Crippen molar-refractivity contribution in [2.24, 2.45) is 0 Å². The number of rotatable bonds is 6. The summed E-state index contributed by atoms with van der Waals surface area (Å²) in [5.74, 6) is -0.361. The maximum absolute atomic E-state index is 12.9. The normalized spacial score (nSPS) is 11.3. The molecule has 0 saturated carbocycles. The zero-order valence-electron chi connectivity index (χ0n) is 14.8. The number of halogens is 6. The molecule has 0 spiro atoms. The summed E-state index contributed by atoms with van der Waals surface area (Å²) in [4.78, 5) is 12.3. The van der Waals surface area contributed by atoms with Gasteiger partial charge in [-0.05, 0) is 40.5 Å². The van der Waals surface area contributed by atoms with Gasteiger partial charge < -0.3 is 5.32 Å². The van der Waals surface area contributed by atoms with E-state index in [1.54, 1.807) is 31.3 Å². The maximum Gasteiger partial charge on any atom is 0.283 e. The molecular formula is C17H13BrCl3F2N5O. The van der Waals surface area contributed by atoms with Gasteiger partial charge in [-0.3, -0.25) is 14.2 Å². The molecule has 1 aromatic carbocycles. The summed E-state index contributed by atoms with van der Waals surface area (Å²) in [5.41, 5.74) is 0.832. The molecule has 29 heavy (non-hydrogen) atoms. The van der Waals surface area contributed by atoms with Crippen LogP contribution in [0, 0.1) is 6.92 Å². The van der Waals surface area contributed by atoms with Gasteiger partial charge in [0.25, 0.3) is 6.43 Å². The minimum Gasteiger partial charge on any atom is -0.306 e. The summed E-state index contributed by atoms with van der Waals surface area (Å²) >= 11 is 21.1. The van der Waals surface area contributed by atoms with Crippen molar-refractivity contribution in [1.29, 1.82) is 0 Å². The van der Waals surface area contributed by atoms with Gasteiger partial charge in [0.2, 0.25) is 5.91 Å². The minimum atomic E-state index is -2.75. The fourth-order valence-electron chi connectivity index (χ4n) is 2.54. The van der Waals surface area contributed by atoms with E-state index in [0.717, 1.165) is 5.56 Å². The van der Waals surface area contributed by atoms with Crippen molar-refractivity contribution < 1.29 is 13.6 Å². The lowest BCUT2D eigenvalue weighted by atomic mass is 10.2. The molecule has 0 aliphatic rings. The topological polar surface area (TPSA) is 64.7 Å². The molecule has 3 aromatic rings. The molecule has 0 saturated heterocycles. The largest absolute Gasteiger partial charge is 0.306 e. The summed E-state index contributed by atoms with van der Waals surface area (Å²) < 4.78 is 28.8. The number of carbonyl (C=O) groups is 1. The molecule has 6 nitrogen and oxygen atoms in total. The van der Waals surface area contributed by atoms with E-state index in [1.807, 2.05) is 0 Å². The van der Waals surface area contributed by atoms with E-state index in [-0.39, 0.29) is 21.9 Å². The van der Waals surface area contributed by atoms with Crippen LogP contribution in [-0.4, -0.2) is 25.5 Å². The molecule has 0 fully saturated rings. The van der Waals surface area contributed by atoms with Gasteiger partial charge in [0.05, 0.1) is 26.8 Å². The third-order valence-corrected chi connectivity index (χ3v) is 5.96. The van der Waals surface area contributed by atoms with E-state index in [2.05, 4.69) is 31.4 Å². The molecule has 0 aliphatic carbocycles. The molecule has 0 aliphatic heterocycles. The Morgan fingerprint density at radius 3 is 2.55 bits per heavy atom. The van der Waals surface area contributed by atoms with Crippen LogP contribution in [0.3, 0.4) is 0 Å². The molecule has 1 N–H and O–H groups in total. The highest BCUT2D eigenvalue weighted by atomic mass is 79.9. The van der Waals surface area contributed by atoms with Gasteiger partial charge in [-0.1, -0.05) is 40.9 Å². The third-order valence-electron chi connectivity index (χ3n) is 3.96.